The van der Waals surface area contributed by atoms with Crippen molar-refractivity contribution in [1.82, 2.24) is 4.98 Å². The third-order valence-corrected chi connectivity index (χ3v) is 6.64. The lowest BCUT2D eigenvalue weighted by Gasteiger charge is -2.36. The van der Waals surface area contributed by atoms with E-state index in [0.29, 0.717) is 29.8 Å². The topological polar surface area (TPSA) is 65.5 Å². The van der Waals surface area contributed by atoms with E-state index in [2.05, 4.69) is 36.7 Å². The van der Waals surface area contributed by atoms with E-state index in [0.717, 1.165) is 10.5 Å². The SMILES string of the molecule is CCOC(=O)c1ccc(C#Cc2ccc3c(c2)C(C)(C)CC(OC(=O)c2ccccc2)S3)nc1. The molecule has 1 aliphatic rings. The van der Waals surface area contributed by atoms with Gasteiger partial charge in [-0.25, -0.2) is 14.6 Å². The van der Waals surface area contributed by atoms with Gasteiger partial charge in [0.1, 0.15) is 5.69 Å². The second-order valence-corrected chi connectivity index (χ2v) is 9.72. The summed E-state index contributed by atoms with van der Waals surface area (Å²) in [4.78, 5) is 29.6. The average Bonchev–Trinajstić information content (AvgIpc) is 2.83. The maximum absolute atomic E-state index is 12.5. The standard InChI is InChI=1S/C28H25NO4S/c1-4-32-26(30)21-12-14-22(29-18-21)13-10-19-11-15-24-23(16-19)28(2,3)17-25(34-24)33-27(31)20-8-6-5-7-9-20/h5-9,11-12,14-16,18,25H,4,17H2,1-3H3. The van der Waals surface area contributed by atoms with E-state index in [9.17, 15) is 9.59 Å². The van der Waals surface area contributed by atoms with Crippen LogP contribution in [0, 0.1) is 11.8 Å². The molecule has 0 spiro atoms. The number of thioether (sulfide) groups is 1. The summed E-state index contributed by atoms with van der Waals surface area (Å²) in [6.45, 7) is 6.40. The fraction of sp³-hybridized carbons (Fsp3) is 0.250. The van der Waals surface area contributed by atoms with E-state index >= 15 is 0 Å². The van der Waals surface area contributed by atoms with Crippen LogP contribution in [0.1, 0.15) is 64.7 Å². The summed E-state index contributed by atoms with van der Waals surface area (Å²) in [5, 5.41) is 0. The van der Waals surface area contributed by atoms with Gasteiger partial charge in [-0.15, -0.1) is 0 Å². The molecule has 2 heterocycles. The largest absolute Gasteiger partial charge is 0.462 e. The van der Waals surface area contributed by atoms with Crippen molar-refractivity contribution in [3.8, 4) is 11.8 Å². The van der Waals surface area contributed by atoms with E-state index in [1.807, 2.05) is 30.3 Å². The van der Waals surface area contributed by atoms with E-state index in [4.69, 9.17) is 9.47 Å². The molecule has 0 aliphatic carbocycles. The molecule has 1 unspecified atom stereocenters. The second-order valence-electron chi connectivity index (χ2n) is 8.52. The van der Waals surface area contributed by atoms with Gasteiger partial charge in [0.05, 0.1) is 17.7 Å². The summed E-state index contributed by atoms with van der Waals surface area (Å²) in [5.74, 6) is 5.52. The van der Waals surface area contributed by atoms with E-state index in [1.165, 1.54) is 11.8 Å². The van der Waals surface area contributed by atoms with E-state index < -0.39 is 5.97 Å². The highest BCUT2D eigenvalue weighted by Crippen LogP contribution is 2.46. The molecule has 0 bridgehead atoms. The quantitative estimate of drug-likeness (QED) is 0.364. The third-order valence-electron chi connectivity index (χ3n) is 5.50. The highest BCUT2D eigenvalue weighted by atomic mass is 32.2. The molecule has 172 valence electrons. The number of benzene rings is 2. The smallest absolute Gasteiger partial charge is 0.339 e. The molecule has 1 aliphatic heterocycles. The number of pyridine rings is 1. The molecule has 2 aromatic carbocycles. The molecule has 1 atom stereocenters. The summed E-state index contributed by atoms with van der Waals surface area (Å²) >= 11 is 1.57. The van der Waals surface area contributed by atoms with Crippen molar-refractivity contribution in [3.05, 3.63) is 94.8 Å². The first-order chi connectivity index (χ1) is 16.4. The fourth-order valence-corrected chi connectivity index (χ4v) is 5.24. The van der Waals surface area contributed by atoms with Crippen LogP contribution in [-0.2, 0) is 14.9 Å². The lowest BCUT2D eigenvalue weighted by atomic mass is 9.80. The van der Waals surface area contributed by atoms with Crippen LogP contribution in [-0.4, -0.2) is 29.0 Å². The number of nitrogens with zero attached hydrogens (tertiary/aromatic N) is 1. The molecule has 34 heavy (non-hydrogen) atoms. The van der Waals surface area contributed by atoms with Crippen LogP contribution in [0.25, 0.3) is 0 Å². The third kappa shape index (κ3) is 5.49. The zero-order valence-corrected chi connectivity index (χ0v) is 20.1. The number of aromatic nitrogens is 1. The van der Waals surface area contributed by atoms with Crippen LogP contribution in [0.15, 0.2) is 71.8 Å². The highest BCUT2D eigenvalue weighted by molar-refractivity contribution is 7.99. The monoisotopic (exact) mass is 471 g/mol. The molecule has 0 radical (unpaired) electrons. The Kier molecular flexibility index (Phi) is 7.04. The number of ether oxygens (including phenoxy) is 2. The predicted molar refractivity (Wildman–Crippen MR) is 132 cm³/mol. The molecule has 1 aromatic heterocycles. The summed E-state index contributed by atoms with van der Waals surface area (Å²) in [6, 6.07) is 18.5. The lowest BCUT2D eigenvalue weighted by molar-refractivity contribution is 0.0415. The Morgan fingerprint density at radius 1 is 1.03 bits per heavy atom. The van der Waals surface area contributed by atoms with Crippen LogP contribution in [0.2, 0.25) is 0 Å². The van der Waals surface area contributed by atoms with Crippen molar-refractivity contribution in [2.24, 2.45) is 0 Å². The Balaban J connectivity index is 1.48. The maximum atomic E-state index is 12.5. The first kappa shape index (κ1) is 23.6. The van der Waals surface area contributed by atoms with Crippen molar-refractivity contribution in [3.63, 3.8) is 0 Å². The maximum Gasteiger partial charge on any atom is 0.339 e. The number of carbonyl (C=O) groups is 2. The van der Waals surface area contributed by atoms with Gasteiger partial charge < -0.3 is 9.47 Å². The zero-order chi connectivity index (χ0) is 24.1. The minimum Gasteiger partial charge on any atom is -0.462 e. The molecule has 6 heteroatoms. The van der Waals surface area contributed by atoms with Crippen LogP contribution in [0.5, 0.6) is 0 Å². The Labute approximate surface area is 203 Å². The van der Waals surface area contributed by atoms with Crippen molar-refractivity contribution >= 4 is 23.7 Å². The van der Waals surface area contributed by atoms with Gasteiger partial charge >= 0.3 is 11.9 Å². The summed E-state index contributed by atoms with van der Waals surface area (Å²) in [6.07, 6.45) is 2.18. The van der Waals surface area contributed by atoms with E-state index in [1.54, 1.807) is 43.0 Å². The second kappa shape index (κ2) is 10.1. The van der Waals surface area contributed by atoms with Crippen LogP contribution in [0.3, 0.4) is 0 Å². The molecular formula is C28H25NO4S. The molecule has 0 amide bonds. The molecule has 0 saturated heterocycles. The highest BCUT2D eigenvalue weighted by Gasteiger charge is 2.35. The van der Waals surface area contributed by atoms with Crippen LogP contribution >= 0.6 is 11.8 Å². The predicted octanol–water partition coefficient (Wildman–Crippen LogP) is 5.61. The number of esters is 2. The van der Waals surface area contributed by atoms with Crippen LogP contribution in [0.4, 0.5) is 0 Å². The molecular weight excluding hydrogens is 446 g/mol. The summed E-state index contributed by atoms with van der Waals surface area (Å²) < 4.78 is 10.8. The van der Waals surface area contributed by atoms with Gasteiger partial charge in [0.2, 0.25) is 0 Å². The number of fused-ring (bicyclic) bond motifs is 1. The Hall–Kier alpha value is -3.56. The molecule has 4 rings (SSSR count). The van der Waals surface area contributed by atoms with Gasteiger partial charge in [-0.05, 0) is 66.3 Å². The lowest BCUT2D eigenvalue weighted by Crippen LogP contribution is -2.31. The Morgan fingerprint density at radius 2 is 1.82 bits per heavy atom. The first-order valence-corrected chi connectivity index (χ1v) is 12.0. The minimum atomic E-state index is -0.392. The average molecular weight is 472 g/mol. The van der Waals surface area contributed by atoms with Gasteiger partial charge in [0, 0.05) is 23.1 Å². The molecule has 0 saturated carbocycles. The normalized spacial score (nSPS) is 15.9. The number of hydrogen-bond donors (Lipinski definition) is 0. The van der Waals surface area contributed by atoms with Gasteiger partial charge in [-0.3, -0.25) is 0 Å². The molecule has 0 fully saturated rings. The minimum absolute atomic E-state index is 0.181. The molecule has 5 nitrogen and oxygen atoms in total. The van der Waals surface area contributed by atoms with Crippen LogP contribution < -0.4 is 0 Å². The molecule has 0 N–H and O–H groups in total. The number of hydrogen-bond acceptors (Lipinski definition) is 6. The van der Waals surface area contributed by atoms with Crippen molar-refractivity contribution in [2.75, 3.05) is 6.61 Å². The fourth-order valence-electron chi connectivity index (χ4n) is 3.72. The van der Waals surface area contributed by atoms with Crippen molar-refractivity contribution in [2.45, 2.75) is 42.9 Å². The number of rotatable bonds is 4. The summed E-state index contributed by atoms with van der Waals surface area (Å²) in [7, 11) is 0. The summed E-state index contributed by atoms with van der Waals surface area (Å²) in [5.41, 5.74) is 3.16. The first-order valence-electron chi connectivity index (χ1n) is 11.1. The van der Waals surface area contributed by atoms with Gasteiger partial charge in [0.15, 0.2) is 5.44 Å². The van der Waals surface area contributed by atoms with Crippen molar-refractivity contribution in [1.29, 1.82) is 0 Å². The Morgan fingerprint density at radius 3 is 2.53 bits per heavy atom. The van der Waals surface area contributed by atoms with Crippen molar-refractivity contribution < 1.29 is 19.1 Å². The molecule has 3 aromatic rings. The zero-order valence-electron chi connectivity index (χ0n) is 19.3. The van der Waals surface area contributed by atoms with Gasteiger partial charge in [-0.1, -0.05) is 49.7 Å². The van der Waals surface area contributed by atoms with E-state index in [-0.39, 0.29) is 16.8 Å². The number of carbonyl (C=O) groups excluding carboxylic acids is 2. The van der Waals surface area contributed by atoms with Gasteiger partial charge in [0.25, 0.3) is 0 Å². The Bertz CT molecular complexity index is 1260. The van der Waals surface area contributed by atoms with Gasteiger partial charge in [-0.2, -0.15) is 0 Å².